The van der Waals surface area contributed by atoms with Crippen molar-refractivity contribution in [1.29, 1.82) is 0 Å². The van der Waals surface area contributed by atoms with Crippen molar-refractivity contribution in [2.75, 3.05) is 19.6 Å². The number of carbonyl (C=O) groups excluding carboxylic acids is 1. The molecule has 0 bridgehead atoms. The van der Waals surface area contributed by atoms with Crippen LogP contribution < -0.4 is 0 Å². The Morgan fingerprint density at radius 1 is 1.00 bits per heavy atom. The van der Waals surface area contributed by atoms with E-state index in [9.17, 15) is 13.2 Å². The van der Waals surface area contributed by atoms with Gasteiger partial charge in [0.25, 0.3) is 0 Å². The molecular formula is C26H33ClN2O3S. The lowest BCUT2D eigenvalue weighted by Crippen LogP contribution is -2.46. The molecule has 2 aromatic carbocycles. The van der Waals surface area contributed by atoms with Crippen molar-refractivity contribution in [3.63, 3.8) is 0 Å². The van der Waals surface area contributed by atoms with Crippen molar-refractivity contribution < 1.29 is 13.2 Å². The van der Waals surface area contributed by atoms with Gasteiger partial charge in [-0.3, -0.25) is 4.79 Å². The molecule has 0 aromatic heterocycles. The molecule has 2 aromatic rings. The van der Waals surface area contributed by atoms with Crippen LogP contribution in [-0.2, 0) is 21.2 Å². The van der Waals surface area contributed by atoms with E-state index in [2.05, 4.69) is 13.8 Å². The average Bonchev–Trinajstić information content (AvgIpc) is 3.28. The first kappa shape index (κ1) is 24.2. The standard InChI is InChI=1S/C26H33ClN2O3S/c1-19(2)20-9-11-24(12-10-20)33(31,32)28-16-13-21(14-17-28)26(30)29-15-5-7-23(29)18-22-6-3-4-8-25(22)27/h3-4,6,8-12,19,21,23H,5,7,13-18H2,1-2H3. The number of hydrogen-bond acceptors (Lipinski definition) is 3. The number of hydrogen-bond donors (Lipinski definition) is 0. The monoisotopic (exact) mass is 488 g/mol. The Morgan fingerprint density at radius 3 is 2.30 bits per heavy atom. The van der Waals surface area contributed by atoms with Crippen molar-refractivity contribution >= 4 is 27.5 Å². The highest BCUT2D eigenvalue weighted by Crippen LogP contribution is 2.30. The minimum absolute atomic E-state index is 0.119. The maximum Gasteiger partial charge on any atom is 0.243 e. The predicted octanol–water partition coefficient (Wildman–Crippen LogP) is 5.10. The minimum atomic E-state index is -3.54. The zero-order chi connectivity index (χ0) is 23.6. The molecular weight excluding hydrogens is 456 g/mol. The molecule has 33 heavy (non-hydrogen) atoms. The molecule has 0 saturated carbocycles. The Bertz CT molecular complexity index is 1080. The van der Waals surface area contributed by atoms with E-state index in [1.54, 1.807) is 12.1 Å². The van der Waals surface area contributed by atoms with Crippen molar-refractivity contribution in [1.82, 2.24) is 9.21 Å². The molecule has 0 N–H and O–H groups in total. The highest BCUT2D eigenvalue weighted by atomic mass is 35.5. The summed E-state index contributed by atoms with van der Waals surface area (Å²) in [7, 11) is -3.54. The van der Waals surface area contributed by atoms with E-state index in [1.807, 2.05) is 41.3 Å². The summed E-state index contributed by atoms with van der Waals surface area (Å²) in [4.78, 5) is 15.7. The topological polar surface area (TPSA) is 57.7 Å². The summed E-state index contributed by atoms with van der Waals surface area (Å²) < 4.78 is 27.7. The van der Waals surface area contributed by atoms with Crippen LogP contribution in [0.1, 0.15) is 56.6 Å². The number of likely N-dealkylation sites (tertiary alicyclic amines) is 1. The number of nitrogens with zero attached hydrogens (tertiary/aromatic N) is 2. The fourth-order valence-electron chi connectivity index (χ4n) is 5.01. The lowest BCUT2D eigenvalue weighted by molar-refractivity contribution is -0.137. The van der Waals surface area contributed by atoms with Gasteiger partial charge in [-0.2, -0.15) is 4.31 Å². The van der Waals surface area contributed by atoms with Gasteiger partial charge in [-0.05, 0) is 67.3 Å². The molecule has 178 valence electrons. The van der Waals surface area contributed by atoms with Gasteiger partial charge >= 0.3 is 0 Å². The Balaban J connectivity index is 1.38. The molecule has 0 aliphatic carbocycles. The lowest BCUT2D eigenvalue weighted by atomic mass is 9.95. The Labute approximate surface area is 202 Å². The van der Waals surface area contributed by atoms with Gasteiger partial charge in [0.15, 0.2) is 0 Å². The molecule has 1 amide bonds. The number of piperidine rings is 1. The van der Waals surface area contributed by atoms with Crippen LogP contribution in [0.4, 0.5) is 0 Å². The van der Waals surface area contributed by atoms with E-state index in [0.29, 0.717) is 36.7 Å². The second kappa shape index (κ2) is 10.2. The molecule has 2 heterocycles. The van der Waals surface area contributed by atoms with Crippen molar-refractivity contribution in [3.05, 3.63) is 64.7 Å². The highest BCUT2D eigenvalue weighted by Gasteiger charge is 2.37. The van der Waals surface area contributed by atoms with Crippen molar-refractivity contribution in [2.45, 2.75) is 62.8 Å². The summed E-state index contributed by atoms with van der Waals surface area (Å²) in [5, 5.41) is 0.747. The molecule has 2 saturated heterocycles. The lowest BCUT2D eigenvalue weighted by Gasteiger charge is -2.34. The number of sulfonamides is 1. The second-order valence-electron chi connectivity index (χ2n) is 9.53. The van der Waals surface area contributed by atoms with Crippen molar-refractivity contribution in [3.8, 4) is 0 Å². The third kappa shape index (κ3) is 5.28. The Morgan fingerprint density at radius 2 is 1.67 bits per heavy atom. The number of rotatable bonds is 6. The molecule has 0 radical (unpaired) electrons. The number of amides is 1. The average molecular weight is 489 g/mol. The van der Waals surface area contributed by atoms with Gasteiger partial charge in [0.1, 0.15) is 0 Å². The van der Waals surface area contributed by atoms with E-state index in [4.69, 9.17) is 11.6 Å². The van der Waals surface area contributed by atoms with E-state index in [1.165, 1.54) is 4.31 Å². The first-order chi connectivity index (χ1) is 15.8. The van der Waals surface area contributed by atoms with Gasteiger partial charge in [0.2, 0.25) is 15.9 Å². The van der Waals surface area contributed by atoms with Crippen LogP contribution in [0.25, 0.3) is 0 Å². The van der Waals surface area contributed by atoms with Crippen LogP contribution in [0, 0.1) is 5.92 Å². The van der Waals surface area contributed by atoms with Gasteiger partial charge < -0.3 is 4.90 Å². The second-order valence-corrected chi connectivity index (χ2v) is 11.9. The van der Waals surface area contributed by atoms with Gasteiger partial charge in [0.05, 0.1) is 4.90 Å². The quantitative estimate of drug-likeness (QED) is 0.568. The fraction of sp³-hybridized carbons (Fsp3) is 0.500. The predicted molar refractivity (Wildman–Crippen MR) is 132 cm³/mol. The van der Waals surface area contributed by atoms with Crippen molar-refractivity contribution in [2.24, 2.45) is 5.92 Å². The first-order valence-electron chi connectivity index (χ1n) is 11.9. The molecule has 7 heteroatoms. The molecule has 4 rings (SSSR count). The molecule has 1 unspecified atom stereocenters. The zero-order valence-corrected chi connectivity index (χ0v) is 21.0. The number of benzene rings is 2. The normalized spacial score (nSPS) is 20.5. The number of halogens is 1. The molecule has 2 fully saturated rings. The smallest absolute Gasteiger partial charge is 0.243 e. The summed E-state index contributed by atoms with van der Waals surface area (Å²) in [6.45, 7) is 5.71. The highest BCUT2D eigenvalue weighted by molar-refractivity contribution is 7.89. The van der Waals surface area contributed by atoms with Crippen LogP contribution in [0.15, 0.2) is 53.4 Å². The molecule has 1 atom stereocenters. The summed E-state index contributed by atoms with van der Waals surface area (Å²) in [6.07, 6.45) is 3.89. The number of carbonyl (C=O) groups is 1. The molecule has 2 aliphatic rings. The summed E-state index contributed by atoms with van der Waals surface area (Å²) >= 11 is 6.35. The van der Waals surface area contributed by atoms with Gasteiger partial charge in [0, 0.05) is 36.6 Å². The fourth-order valence-corrected chi connectivity index (χ4v) is 6.69. The van der Waals surface area contributed by atoms with Crippen LogP contribution in [0.2, 0.25) is 5.02 Å². The Kier molecular flexibility index (Phi) is 7.46. The van der Waals surface area contributed by atoms with E-state index in [0.717, 1.165) is 42.0 Å². The van der Waals surface area contributed by atoms with E-state index >= 15 is 0 Å². The van der Waals surface area contributed by atoms with E-state index in [-0.39, 0.29) is 17.9 Å². The molecule has 5 nitrogen and oxygen atoms in total. The third-order valence-corrected chi connectivity index (χ3v) is 9.34. The van der Waals surface area contributed by atoms with Crippen LogP contribution in [0.3, 0.4) is 0 Å². The van der Waals surface area contributed by atoms with Gasteiger partial charge in [-0.1, -0.05) is 55.8 Å². The first-order valence-corrected chi connectivity index (χ1v) is 13.7. The van der Waals surface area contributed by atoms with Crippen LogP contribution >= 0.6 is 11.6 Å². The molecule has 0 spiro atoms. The largest absolute Gasteiger partial charge is 0.339 e. The maximum absolute atomic E-state index is 13.3. The van der Waals surface area contributed by atoms with E-state index < -0.39 is 10.0 Å². The minimum Gasteiger partial charge on any atom is -0.339 e. The maximum atomic E-state index is 13.3. The summed E-state index contributed by atoms with van der Waals surface area (Å²) in [5.74, 6) is 0.408. The SMILES string of the molecule is CC(C)c1ccc(S(=O)(=O)N2CCC(C(=O)N3CCCC3Cc3ccccc3Cl)CC2)cc1. The third-order valence-electron chi connectivity index (χ3n) is 7.06. The summed E-state index contributed by atoms with van der Waals surface area (Å²) in [6, 6.07) is 15.2. The van der Waals surface area contributed by atoms with Crippen LogP contribution in [0.5, 0.6) is 0 Å². The zero-order valence-electron chi connectivity index (χ0n) is 19.4. The van der Waals surface area contributed by atoms with Gasteiger partial charge in [-0.25, -0.2) is 8.42 Å². The Hall–Kier alpha value is -1.89. The van der Waals surface area contributed by atoms with Crippen LogP contribution in [-0.4, -0.2) is 49.2 Å². The summed E-state index contributed by atoms with van der Waals surface area (Å²) in [5.41, 5.74) is 2.20. The molecule has 2 aliphatic heterocycles. The van der Waals surface area contributed by atoms with Gasteiger partial charge in [-0.15, -0.1) is 0 Å².